The van der Waals surface area contributed by atoms with E-state index in [0.717, 1.165) is 4.90 Å². The van der Waals surface area contributed by atoms with Crippen LogP contribution in [0.1, 0.15) is 11.1 Å². The molecule has 0 spiro atoms. The summed E-state index contributed by atoms with van der Waals surface area (Å²) in [7, 11) is -2.75. The molecule has 7 nitrogen and oxygen atoms in total. The summed E-state index contributed by atoms with van der Waals surface area (Å²) >= 11 is 6.72. The van der Waals surface area contributed by atoms with Gasteiger partial charge in [-0.15, -0.1) is 0 Å². The van der Waals surface area contributed by atoms with Crippen molar-refractivity contribution in [2.75, 3.05) is 7.11 Å². The van der Waals surface area contributed by atoms with Gasteiger partial charge >= 0.3 is 10.1 Å². The summed E-state index contributed by atoms with van der Waals surface area (Å²) in [5, 5.41) is -0.458. The van der Waals surface area contributed by atoms with Gasteiger partial charge in [0.2, 0.25) is 0 Å². The van der Waals surface area contributed by atoms with Crippen LogP contribution in [0.25, 0.3) is 6.08 Å². The predicted octanol–water partition coefficient (Wildman–Crippen LogP) is 5.49. The summed E-state index contributed by atoms with van der Waals surface area (Å²) in [6.07, 6.45) is 1.45. The minimum Gasteiger partial charge on any atom is -0.493 e. The molecule has 1 heterocycles. The predicted molar refractivity (Wildman–Crippen MR) is 130 cm³/mol. The SMILES string of the molecule is COc1cc(/C=C2\SC(=O)N(Cc3c(F)cccc3Cl)C2=O)ccc1OS(=O)(=O)c1ccccc1. The van der Waals surface area contributed by atoms with Crippen LogP contribution in [0, 0.1) is 5.82 Å². The molecule has 2 amide bonds. The Kier molecular flexibility index (Phi) is 7.15. The number of rotatable bonds is 7. The second-order valence-electron chi connectivity index (χ2n) is 7.23. The quantitative estimate of drug-likeness (QED) is 0.293. The molecule has 0 radical (unpaired) electrons. The molecule has 1 fully saturated rings. The van der Waals surface area contributed by atoms with E-state index in [0.29, 0.717) is 17.3 Å². The van der Waals surface area contributed by atoms with E-state index in [1.807, 2.05) is 0 Å². The molecule has 0 aliphatic carbocycles. The maximum atomic E-state index is 14.1. The van der Waals surface area contributed by atoms with Crippen LogP contribution in [0.5, 0.6) is 11.5 Å². The zero-order valence-corrected chi connectivity index (χ0v) is 20.5. The second kappa shape index (κ2) is 10.1. The summed E-state index contributed by atoms with van der Waals surface area (Å²) in [6, 6.07) is 16.1. The molecule has 1 saturated heterocycles. The molecule has 0 saturated carbocycles. The number of amides is 2. The first-order valence-corrected chi connectivity index (χ1v) is 12.7. The number of hydrogen-bond donors (Lipinski definition) is 0. The first-order valence-electron chi connectivity index (χ1n) is 10.1. The normalized spacial score (nSPS) is 15.1. The van der Waals surface area contributed by atoms with Gasteiger partial charge in [-0.25, -0.2) is 4.39 Å². The monoisotopic (exact) mass is 533 g/mol. The number of imide groups is 1. The fourth-order valence-electron chi connectivity index (χ4n) is 3.23. The first-order chi connectivity index (χ1) is 16.7. The third kappa shape index (κ3) is 5.34. The molecule has 0 aromatic heterocycles. The Labute approximate surface area is 210 Å². The van der Waals surface area contributed by atoms with Crippen molar-refractivity contribution < 1.29 is 31.3 Å². The highest BCUT2D eigenvalue weighted by atomic mass is 35.5. The lowest BCUT2D eigenvalue weighted by Crippen LogP contribution is -2.28. The topological polar surface area (TPSA) is 90.0 Å². The summed E-state index contributed by atoms with van der Waals surface area (Å²) in [4.78, 5) is 26.3. The zero-order chi connectivity index (χ0) is 25.2. The molecule has 4 rings (SSSR count). The molecule has 0 bridgehead atoms. The number of carbonyl (C=O) groups excluding carboxylic acids is 2. The van der Waals surface area contributed by atoms with Crippen molar-refractivity contribution in [3.63, 3.8) is 0 Å². The number of benzene rings is 3. The summed E-state index contributed by atoms with van der Waals surface area (Å²) in [5.74, 6) is -1.16. The van der Waals surface area contributed by atoms with Gasteiger partial charge in [-0.05, 0) is 59.8 Å². The zero-order valence-electron chi connectivity index (χ0n) is 18.1. The fraction of sp³-hybridized carbons (Fsp3) is 0.0833. The van der Waals surface area contributed by atoms with E-state index in [2.05, 4.69) is 0 Å². The molecule has 0 unspecified atom stereocenters. The van der Waals surface area contributed by atoms with Crippen molar-refractivity contribution >= 4 is 50.7 Å². The average Bonchev–Trinajstić information content (AvgIpc) is 3.09. The molecule has 1 aliphatic rings. The maximum absolute atomic E-state index is 14.1. The molecule has 1 aliphatic heterocycles. The van der Waals surface area contributed by atoms with Crippen molar-refractivity contribution in [2.45, 2.75) is 11.4 Å². The Morgan fingerprint density at radius 1 is 1.03 bits per heavy atom. The summed E-state index contributed by atoms with van der Waals surface area (Å²) in [6.45, 7) is -0.305. The van der Waals surface area contributed by atoms with Crippen LogP contribution >= 0.6 is 23.4 Å². The van der Waals surface area contributed by atoms with E-state index in [-0.39, 0.29) is 38.4 Å². The van der Waals surface area contributed by atoms with Gasteiger partial charge in [0.1, 0.15) is 10.7 Å². The summed E-state index contributed by atoms with van der Waals surface area (Å²) < 4.78 is 49.7. The van der Waals surface area contributed by atoms with Crippen molar-refractivity contribution in [3.8, 4) is 11.5 Å². The Morgan fingerprint density at radius 3 is 2.46 bits per heavy atom. The second-order valence-corrected chi connectivity index (χ2v) is 10.2. The van der Waals surface area contributed by atoms with E-state index in [1.165, 1.54) is 61.7 Å². The maximum Gasteiger partial charge on any atom is 0.339 e. The molecule has 3 aromatic carbocycles. The van der Waals surface area contributed by atoms with Gasteiger partial charge in [0.25, 0.3) is 11.1 Å². The van der Waals surface area contributed by atoms with Gasteiger partial charge in [-0.2, -0.15) is 8.42 Å². The lowest BCUT2D eigenvalue weighted by atomic mass is 10.1. The lowest BCUT2D eigenvalue weighted by Gasteiger charge is -2.14. The van der Waals surface area contributed by atoms with Crippen LogP contribution in [-0.2, 0) is 21.5 Å². The Morgan fingerprint density at radius 2 is 1.77 bits per heavy atom. The van der Waals surface area contributed by atoms with Crippen molar-refractivity contribution in [1.29, 1.82) is 0 Å². The van der Waals surface area contributed by atoms with Crippen molar-refractivity contribution in [1.82, 2.24) is 4.90 Å². The number of hydrogen-bond acceptors (Lipinski definition) is 7. The number of nitrogens with zero attached hydrogens (tertiary/aromatic N) is 1. The van der Waals surface area contributed by atoms with E-state index in [4.69, 9.17) is 20.5 Å². The van der Waals surface area contributed by atoms with Crippen molar-refractivity contribution in [2.24, 2.45) is 0 Å². The van der Waals surface area contributed by atoms with Crippen LogP contribution in [-0.4, -0.2) is 31.6 Å². The molecule has 0 atom stereocenters. The minimum atomic E-state index is -4.09. The van der Waals surface area contributed by atoms with Crippen LogP contribution in [0.3, 0.4) is 0 Å². The number of halogens is 2. The lowest BCUT2D eigenvalue weighted by molar-refractivity contribution is -0.123. The highest BCUT2D eigenvalue weighted by molar-refractivity contribution is 8.18. The number of ether oxygens (including phenoxy) is 1. The van der Waals surface area contributed by atoms with Gasteiger partial charge in [-0.1, -0.05) is 41.9 Å². The van der Waals surface area contributed by atoms with Crippen molar-refractivity contribution in [3.05, 3.63) is 93.6 Å². The number of thioether (sulfide) groups is 1. The van der Waals surface area contributed by atoms with E-state index < -0.39 is 27.1 Å². The van der Waals surface area contributed by atoms with Gasteiger partial charge in [-0.3, -0.25) is 14.5 Å². The van der Waals surface area contributed by atoms with Crippen LogP contribution in [0.4, 0.5) is 9.18 Å². The first kappa shape index (κ1) is 24.8. The van der Waals surface area contributed by atoms with Crippen LogP contribution in [0.2, 0.25) is 5.02 Å². The molecule has 35 heavy (non-hydrogen) atoms. The standard InChI is InChI=1S/C24H17ClFNO6S2/c1-32-21-12-15(10-11-20(21)33-35(30,31)16-6-3-2-4-7-16)13-22-23(28)27(24(29)34-22)14-17-18(25)8-5-9-19(17)26/h2-13H,14H2,1H3/b22-13-. The largest absolute Gasteiger partial charge is 0.493 e. The highest BCUT2D eigenvalue weighted by Gasteiger charge is 2.36. The molecular weight excluding hydrogens is 517 g/mol. The average molecular weight is 534 g/mol. The fourth-order valence-corrected chi connectivity index (χ4v) is 5.25. The summed E-state index contributed by atoms with van der Waals surface area (Å²) in [5.41, 5.74) is 0.501. The number of methoxy groups -OCH3 is 1. The molecule has 11 heteroatoms. The molecule has 0 N–H and O–H groups in total. The molecular formula is C24H17ClFNO6S2. The van der Waals surface area contributed by atoms with Crippen LogP contribution < -0.4 is 8.92 Å². The third-order valence-corrected chi connectivity index (χ3v) is 7.48. The molecule has 180 valence electrons. The Hall–Kier alpha value is -3.34. The highest BCUT2D eigenvalue weighted by Crippen LogP contribution is 2.36. The Bertz CT molecular complexity index is 1420. The van der Waals surface area contributed by atoms with Gasteiger partial charge in [0.15, 0.2) is 11.5 Å². The molecule has 3 aromatic rings. The van der Waals surface area contributed by atoms with Gasteiger partial charge < -0.3 is 8.92 Å². The van der Waals surface area contributed by atoms with E-state index >= 15 is 0 Å². The van der Waals surface area contributed by atoms with Crippen LogP contribution in [0.15, 0.2) is 76.5 Å². The van der Waals surface area contributed by atoms with E-state index in [9.17, 15) is 22.4 Å². The smallest absolute Gasteiger partial charge is 0.339 e. The third-order valence-electron chi connectivity index (χ3n) is 4.97. The van der Waals surface area contributed by atoms with Gasteiger partial charge in [0.05, 0.1) is 18.6 Å². The number of carbonyl (C=O) groups is 2. The van der Waals surface area contributed by atoms with Gasteiger partial charge in [0, 0.05) is 10.6 Å². The minimum absolute atomic E-state index is 0.0187. The van der Waals surface area contributed by atoms with E-state index in [1.54, 1.807) is 18.2 Å². The Balaban J connectivity index is 1.57.